The summed E-state index contributed by atoms with van der Waals surface area (Å²) in [4.78, 5) is 13.2. The fraction of sp³-hybridized carbons (Fsp3) is 0.241. The van der Waals surface area contributed by atoms with Crippen molar-refractivity contribution >= 4 is 21.6 Å². The van der Waals surface area contributed by atoms with Crippen molar-refractivity contribution in [2.45, 2.75) is 43.5 Å². The summed E-state index contributed by atoms with van der Waals surface area (Å²) >= 11 is 0. The number of aromatic nitrogens is 1. The Morgan fingerprint density at radius 3 is 2.41 bits per heavy atom. The zero-order valence-corrected chi connectivity index (χ0v) is 23.0. The summed E-state index contributed by atoms with van der Waals surface area (Å²) in [5.74, 6) is -2.18. The van der Waals surface area contributed by atoms with Crippen LogP contribution in [0.1, 0.15) is 34.0 Å². The molecule has 0 aliphatic carbocycles. The summed E-state index contributed by atoms with van der Waals surface area (Å²) in [7, 11) is -4.07. The van der Waals surface area contributed by atoms with Gasteiger partial charge in [0, 0.05) is 36.5 Å². The number of nitrogens with one attached hydrogen (secondary N) is 3. The van der Waals surface area contributed by atoms with Crippen LogP contribution in [-0.2, 0) is 29.4 Å². The van der Waals surface area contributed by atoms with Crippen LogP contribution in [0.2, 0.25) is 0 Å². The molecule has 41 heavy (non-hydrogen) atoms. The molecule has 0 saturated carbocycles. The number of amides is 1. The molecule has 216 valence electrons. The van der Waals surface area contributed by atoms with Crippen molar-refractivity contribution in [1.82, 2.24) is 15.8 Å². The van der Waals surface area contributed by atoms with Crippen LogP contribution < -0.4 is 15.4 Å². The Morgan fingerprint density at radius 1 is 0.976 bits per heavy atom. The third kappa shape index (κ3) is 8.43. The Morgan fingerprint density at radius 2 is 1.71 bits per heavy atom. The number of nitrogens with zero attached hydrogens (tertiary/aromatic N) is 1. The summed E-state index contributed by atoms with van der Waals surface area (Å²) in [6, 6.07) is 16.9. The summed E-state index contributed by atoms with van der Waals surface area (Å²) in [6.45, 7) is 2.60. The van der Waals surface area contributed by atoms with Crippen molar-refractivity contribution in [1.29, 1.82) is 0 Å². The number of sulfonamides is 1. The molecule has 0 bridgehead atoms. The van der Waals surface area contributed by atoms with E-state index in [-0.39, 0.29) is 29.8 Å². The Bertz CT molecular complexity index is 1560. The van der Waals surface area contributed by atoms with E-state index in [0.29, 0.717) is 6.54 Å². The molecule has 4 aromatic rings. The van der Waals surface area contributed by atoms with Crippen molar-refractivity contribution < 1.29 is 31.6 Å². The first kappa shape index (κ1) is 29.8. The predicted octanol–water partition coefficient (Wildman–Crippen LogP) is 3.81. The fourth-order valence-electron chi connectivity index (χ4n) is 4.26. The quantitative estimate of drug-likeness (QED) is 0.188. The smallest absolute Gasteiger partial charge is 0.298 e. The van der Waals surface area contributed by atoms with Crippen LogP contribution in [-0.4, -0.2) is 43.3 Å². The Balaban J connectivity index is 1.48. The lowest BCUT2D eigenvalue weighted by atomic mass is 10.00. The molecule has 9 nitrogen and oxygen atoms in total. The maximum absolute atomic E-state index is 13.9. The first-order chi connectivity index (χ1) is 19.6. The van der Waals surface area contributed by atoms with Gasteiger partial charge in [0.05, 0.1) is 18.3 Å². The minimum Gasteiger partial charge on any atom is -0.390 e. The Labute approximate surface area is 236 Å². The molecule has 1 aromatic heterocycles. The number of rotatable bonds is 13. The molecule has 0 saturated heterocycles. The van der Waals surface area contributed by atoms with E-state index in [9.17, 15) is 27.1 Å². The van der Waals surface area contributed by atoms with E-state index in [2.05, 4.69) is 33.5 Å². The number of hydrogen-bond donors (Lipinski definition) is 4. The maximum atomic E-state index is 13.9. The molecule has 1 heterocycles. The van der Waals surface area contributed by atoms with Crippen molar-refractivity contribution in [3.8, 4) is 0 Å². The van der Waals surface area contributed by atoms with Gasteiger partial charge in [-0.05, 0) is 59.9 Å². The van der Waals surface area contributed by atoms with Crippen LogP contribution >= 0.6 is 0 Å². The molecule has 4 rings (SSSR count). The number of carbonyl (C=O) groups is 1. The van der Waals surface area contributed by atoms with Gasteiger partial charge in [-0.3, -0.25) is 9.52 Å². The average Bonchev–Trinajstić information content (AvgIpc) is 3.49. The van der Waals surface area contributed by atoms with Crippen molar-refractivity contribution in [2.24, 2.45) is 0 Å². The highest BCUT2D eigenvalue weighted by Gasteiger charge is 2.24. The zero-order chi connectivity index (χ0) is 29.4. The number of benzene rings is 3. The molecule has 0 fully saturated rings. The van der Waals surface area contributed by atoms with Gasteiger partial charge >= 0.3 is 0 Å². The minimum atomic E-state index is -4.07. The van der Waals surface area contributed by atoms with Gasteiger partial charge in [0.2, 0.25) is 0 Å². The lowest BCUT2D eigenvalue weighted by Crippen LogP contribution is -2.48. The number of carbonyl (C=O) groups excluding carboxylic acids is 1. The van der Waals surface area contributed by atoms with E-state index in [1.54, 1.807) is 0 Å². The first-order valence-electron chi connectivity index (χ1n) is 12.9. The van der Waals surface area contributed by atoms with E-state index in [1.165, 1.54) is 42.1 Å². The predicted molar refractivity (Wildman–Crippen MR) is 149 cm³/mol. The van der Waals surface area contributed by atoms with Crippen LogP contribution in [0.25, 0.3) is 0 Å². The van der Waals surface area contributed by atoms with Gasteiger partial charge in [-0.2, -0.15) is 8.42 Å². The average molecular weight is 585 g/mol. The molecular formula is C29H30F2N4O5S. The number of aliphatic hydroxyl groups excluding tert-OH is 1. The van der Waals surface area contributed by atoms with Crippen LogP contribution in [0.4, 0.5) is 14.5 Å². The van der Waals surface area contributed by atoms with E-state index in [4.69, 9.17) is 4.52 Å². The first-order valence-corrected chi connectivity index (χ1v) is 14.4. The summed E-state index contributed by atoms with van der Waals surface area (Å²) in [5, 5.41) is 19.9. The Kier molecular flexibility index (Phi) is 9.82. The van der Waals surface area contributed by atoms with Crippen LogP contribution in [0.3, 0.4) is 0 Å². The topological polar surface area (TPSA) is 134 Å². The van der Waals surface area contributed by atoms with Crippen molar-refractivity contribution in [3.63, 3.8) is 0 Å². The highest BCUT2D eigenvalue weighted by atomic mass is 32.2. The summed E-state index contributed by atoms with van der Waals surface area (Å²) < 4.78 is 59.7. The highest BCUT2D eigenvalue weighted by Crippen LogP contribution is 2.18. The third-order valence-electron chi connectivity index (χ3n) is 6.30. The second-order valence-electron chi connectivity index (χ2n) is 9.45. The minimum absolute atomic E-state index is 0.0631. The third-order valence-corrected chi connectivity index (χ3v) is 7.54. The zero-order valence-electron chi connectivity index (χ0n) is 22.2. The van der Waals surface area contributed by atoms with Crippen LogP contribution in [0.15, 0.2) is 88.6 Å². The monoisotopic (exact) mass is 584 g/mol. The molecule has 12 heteroatoms. The second kappa shape index (κ2) is 13.5. The number of aryl methyl sites for hydroxylation is 1. The molecule has 0 aliphatic rings. The van der Waals surface area contributed by atoms with Gasteiger partial charge in [-0.15, -0.1) is 0 Å². The lowest BCUT2D eigenvalue weighted by molar-refractivity contribution is 0.0830. The molecule has 0 aliphatic heterocycles. The lowest BCUT2D eigenvalue weighted by Gasteiger charge is -2.25. The number of anilines is 1. The van der Waals surface area contributed by atoms with E-state index in [1.807, 2.05) is 18.2 Å². The van der Waals surface area contributed by atoms with Gasteiger partial charge in [0.1, 0.15) is 11.6 Å². The molecule has 2 atom stereocenters. The largest absolute Gasteiger partial charge is 0.390 e. The SMILES string of the molecule is CCc1cccc(CNCC(O)C(Cc2cc(F)cc(F)c2)NC(=O)c2cccc(NS(=O)(=O)c3ccno3)c2)c1. The van der Waals surface area contributed by atoms with Crippen LogP contribution in [0.5, 0.6) is 0 Å². The number of aliphatic hydroxyl groups is 1. The molecule has 4 N–H and O–H groups in total. The number of hydrogen-bond acceptors (Lipinski definition) is 7. The van der Waals surface area contributed by atoms with Crippen molar-refractivity contribution in [3.05, 3.63) is 113 Å². The molecule has 0 radical (unpaired) electrons. The molecule has 3 aromatic carbocycles. The summed E-state index contributed by atoms with van der Waals surface area (Å²) in [6.07, 6.45) is 0.878. The summed E-state index contributed by atoms with van der Waals surface area (Å²) in [5.41, 5.74) is 2.63. The standard InChI is InChI=1S/C29H30F2N4O5S/c1-2-19-5-3-6-20(11-19)17-32-18-27(36)26(14-21-12-23(30)16-24(31)13-21)34-29(37)22-7-4-8-25(15-22)35-41(38,39)28-9-10-33-40-28/h3-13,15-16,26-27,32,35-36H,2,14,17-18H2,1H3,(H,34,37). The molecular weight excluding hydrogens is 554 g/mol. The van der Waals surface area contributed by atoms with Crippen LogP contribution in [0, 0.1) is 11.6 Å². The van der Waals surface area contributed by atoms with Gasteiger partial charge in [-0.25, -0.2) is 8.78 Å². The van der Waals surface area contributed by atoms with Gasteiger partial charge in [-0.1, -0.05) is 42.4 Å². The van der Waals surface area contributed by atoms with Gasteiger partial charge < -0.3 is 20.3 Å². The maximum Gasteiger partial charge on any atom is 0.298 e. The normalized spacial score (nSPS) is 13.0. The second-order valence-corrected chi connectivity index (χ2v) is 11.1. The van der Waals surface area contributed by atoms with E-state index >= 15 is 0 Å². The molecule has 0 spiro atoms. The van der Waals surface area contributed by atoms with E-state index < -0.39 is 44.8 Å². The van der Waals surface area contributed by atoms with E-state index in [0.717, 1.165) is 30.2 Å². The fourth-order valence-corrected chi connectivity index (χ4v) is 5.18. The van der Waals surface area contributed by atoms with Gasteiger partial charge in [0.15, 0.2) is 0 Å². The van der Waals surface area contributed by atoms with Crippen molar-refractivity contribution in [2.75, 3.05) is 11.3 Å². The molecule has 1 amide bonds. The number of halogens is 2. The highest BCUT2D eigenvalue weighted by molar-refractivity contribution is 7.92. The van der Waals surface area contributed by atoms with Gasteiger partial charge in [0.25, 0.3) is 21.0 Å². The Hall–Kier alpha value is -4.13. The molecule has 2 unspecified atom stereocenters.